The van der Waals surface area contributed by atoms with E-state index in [0.717, 1.165) is 0 Å². The number of H-pyrrole nitrogens is 1. The number of aromatic nitrogens is 2. The minimum Gasteiger partial charge on any atom is -0.492 e. The zero-order chi connectivity index (χ0) is 11.6. The van der Waals surface area contributed by atoms with Crippen LogP contribution >= 0.6 is 0 Å². The van der Waals surface area contributed by atoms with E-state index in [1.807, 2.05) is 0 Å². The van der Waals surface area contributed by atoms with E-state index < -0.39 is 35.4 Å². The van der Waals surface area contributed by atoms with Crippen LogP contribution in [0, 0.1) is 5.82 Å². The number of likely N-dealkylation sites (N-methyl/N-ethyl adjacent to an activating group) is 1. The van der Waals surface area contributed by atoms with Gasteiger partial charge in [-0.2, -0.15) is 4.39 Å². The first kappa shape index (κ1) is 11.0. The monoisotopic (exact) mass is 217 g/mol. The van der Waals surface area contributed by atoms with Gasteiger partial charge in [0, 0.05) is 7.05 Å². The Morgan fingerprint density at radius 2 is 2.20 bits per heavy atom. The molecule has 0 radical (unpaired) electrons. The summed E-state index contributed by atoms with van der Waals surface area (Å²) in [5.74, 6) is -3.27. The molecule has 0 atom stereocenters. The van der Waals surface area contributed by atoms with Crippen molar-refractivity contribution >= 4 is 5.91 Å². The molecule has 1 heterocycles. The summed E-state index contributed by atoms with van der Waals surface area (Å²) < 4.78 is 13.3. The maximum absolute atomic E-state index is 12.8. The summed E-state index contributed by atoms with van der Waals surface area (Å²) in [7, 11) is 1.31. The fourth-order valence-corrected chi connectivity index (χ4v) is 0.905. The van der Waals surface area contributed by atoms with Crippen molar-refractivity contribution in [3.63, 3.8) is 0 Å². The third-order valence-corrected chi connectivity index (χ3v) is 1.70. The zero-order valence-electron chi connectivity index (χ0n) is 7.70. The molecule has 3 N–H and O–H groups in total. The summed E-state index contributed by atoms with van der Waals surface area (Å²) >= 11 is 0. The van der Waals surface area contributed by atoms with Gasteiger partial charge in [-0.25, -0.2) is 4.79 Å². The van der Waals surface area contributed by atoms with Crippen LogP contribution in [0.2, 0.25) is 0 Å². The van der Waals surface area contributed by atoms with Gasteiger partial charge in [-0.1, -0.05) is 0 Å². The van der Waals surface area contributed by atoms with Crippen molar-refractivity contribution in [3.05, 3.63) is 26.7 Å². The number of hydrogen-bond acceptors (Lipinski definition) is 4. The molecule has 82 valence electrons. The van der Waals surface area contributed by atoms with E-state index in [2.05, 4.69) is 5.32 Å². The molecule has 0 aliphatic heterocycles. The normalized spacial score (nSPS) is 10.0. The van der Waals surface area contributed by atoms with Crippen LogP contribution in [0.1, 0.15) is 0 Å². The third-order valence-electron chi connectivity index (χ3n) is 1.70. The lowest BCUT2D eigenvalue weighted by molar-refractivity contribution is -0.121. The smallest absolute Gasteiger partial charge is 0.331 e. The van der Waals surface area contributed by atoms with Gasteiger partial charge in [-0.15, -0.1) is 0 Å². The molecule has 0 saturated carbocycles. The average Bonchev–Trinajstić information content (AvgIpc) is 2.21. The number of aromatic hydroxyl groups is 1. The number of nitrogens with one attached hydrogen (secondary N) is 2. The first-order chi connectivity index (χ1) is 6.97. The van der Waals surface area contributed by atoms with Crippen molar-refractivity contribution in [2.45, 2.75) is 6.54 Å². The van der Waals surface area contributed by atoms with Gasteiger partial charge >= 0.3 is 5.69 Å². The molecule has 1 aromatic rings. The van der Waals surface area contributed by atoms with Crippen molar-refractivity contribution < 1.29 is 14.3 Å². The highest BCUT2D eigenvalue weighted by molar-refractivity contribution is 5.75. The Hall–Kier alpha value is -2.12. The van der Waals surface area contributed by atoms with Crippen LogP contribution in [-0.2, 0) is 11.3 Å². The van der Waals surface area contributed by atoms with Crippen molar-refractivity contribution in [2.24, 2.45) is 0 Å². The highest BCUT2D eigenvalue weighted by atomic mass is 19.1. The Kier molecular flexibility index (Phi) is 2.88. The van der Waals surface area contributed by atoms with Gasteiger partial charge in [0.2, 0.25) is 17.6 Å². The SMILES string of the molecule is CNC(=O)Cn1c(O)c(F)c(=O)[nH]c1=O. The Balaban J connectivity index is 3.31. The molecular formula is C7H8FN3O4. The van der Waals surface area contributed by atoms with Gasteiger partial charge in [0.05, 0.1) is 0 Å². The van der Waals surface area contributed by atoms with Gasteiger partial charge < -0.3 is 10.4 Å². The lowest BCUT2D eigenvalue weighted by Crippen LogP contribution is -2.36. The summed E-state index contributed by atoms with van der Waals surface area (Å²) in [6.07, 6.45) is 0. The van der Waals surface area contributed by atoms with E-state index in [-0.39, 0.29) is 0 Å². The molecule has 0 spiro atoms. The van der Waals surface area contributed by atoms with E-state index in [4.69, 9.17) is 5.11 Å². The molecule has 7 nitrogen and oxygen atoms in total. The first-order valence-electron chi connectivity index (χ1n) is 3.89. The molecule has 1 amide bonds. The van der Waals surface area contributed by atoms with Gasteiger partial charge in [0.25, 0.3) is 5.56 Å². The fraction of sp³-hybridized carbons (Fsp3) is 0.286. The van der Waals surface area contributed by atoms with Crippen LogP contribution in [-0.4, -0.2) is 27.6 Å². The van der Waals surface area contributed by atoms with E-state index in [9.17, 15) is 18.8 Å². The summed E-state index contributed by atoms with van der Waals surface area (Å²) in [5, 5.41) is 11.3. The summed E-state index contributed by atoms with van der Waals surface area (Å²) in [6.45, 7) is -0.575. The number of amides is 1. The number of rotatable bonds is 2. The molecule has 0 aromatic carbocycles. The molecule has 0 aliphatic carbocycles. The number of hydrogen-bond donors (Lipinski definition) is 3. The van der Waals surface area contributed by atoms with Crippen LogP contribution in [0.15, 0.2) is 9.59 Å². The van der Waals surface area contributed by atoms with Crippen LogP contribution in [0.4, 0.5) is 4.39 Å². The maximum Gasteiger partial charge on any atom is 0.331 e. The van der Waals surface area contributed by atoms with E-state index >= 15 is 0 Å². The average molecular weight is 217 g/mol. The second kappa shape index (κ2) is 3.95. The molecule has 0 saturated heterocycles. The predicted octanol–water partition coefficient (Wildman–Crippen LogP) is -1.87. The fourth-order valence-electron chi connectivity index (χ4n) is 0.905. The molecule has 0 unspecified atom stereocenters. The van der Waals surface area contributed by atoms with Gasteiger partial charge in [-0.3, -0.25) is 19.1 Å². The Morgan fingerprint density at radius 1 is 1.60 bits per heavy atom. The standard InChI is InChI=1S/C7H8FN3O4/c1-9-3(12)2-11-6(14)4(8)5(13)10-7(11)15/h14H,2H2,1H3,(H,9,12)(H,10,13,15). The van der Waals surface area contributed by atoms with Crippen molar-refractivity contribution in [1.29, 1.82) is 0 Å². The second-order valence-electron chi connectivity index (χ2n) is 2.66. The number of nitrogens with zero attached hydrogens (tertiary/aromatic N) is 1. The van der Waals surface area contributed by atoms with E-state index in [1.165, 1.54) is 7.05 Å². The molecule has 1 aromatic heterocycles. The van der Waals surface area contributed by atoms with Crippen LogP contribution in [0.3, 0.4) is 0 Å². The molecule has 0 aliphatic rings. The van der Waals surface area contributed by atoms with Gasteiger partial charge in [0.1, 0.15) is 6.54 Å². The zero-order valence-corrected chi connectivity index (χ0v) is 7.70. The van der Waals surface area contributed by atoms with E-state index in [0.29, 0.717) is 4.57 Å². The highest BCUT2D eigenvalue weighted by Gasteiger charge is 2.15. The molecular weight excluding hydrogens is 209 g/mol. The first-order valence-corrected chi connectivity index (χ1v) is 3.89. The summed E-state index contributed by atoms with van der Waals surface area (Å²) in [4.78, 5) is 34.2. The molecule has 0 bridgehead atoms. The summed E-state index contributed by atoms with van der Waals surface area (Å²) in [5.41, 5.74) is -2.38. The van der Waals surface area contributed by atoms with Crippen LogP contribution in [0.5, 0.6) is 5.88 Å². The summed E-state index contributed by atoms with van der Waals surface area (Å²) in [6, 6.07) is 0. The van der Waals surface area contributed by atoms with Gasteiger partial charge in [-0.05, 0) is 0 Å². The molecule has 0 fully saturated rings. The molecule has 8 heteroatoms. The third kappa shape index (κ3) is 2.03. The largest absolute Gasteiger partial charge is 0.492 e. The number of halogens is 1. The lowest BCUT2D eigenvalue weighted by Gasteiger charge is -2.06. The minimum atomic E-state index is -1.50. The number of carbonyl (C=O) groups excluding carboxylic acids is 1. The molecule has 1 rings (SSSR count). The van der Waals surface area contributed by atoms with E-state index in [1.54, 1.807) is 4.98 Å². The van der Waals surface area contributed by atoms with Crippen LogP contribution < -0.4 is 16.6 Å². The highest BCUT2D eigenvalue weighted by Crippen LogP contribution is 2.06. The van der Waals surface area contributed by atoms with Crippen molar-refractivity contribution in [3.8, 4) is 5.88 Å². The number of aromatic amines is 1. The Labute approximate surface area is 82.2 Å². The van der Waals surface area contributed by atoms with Gasteiger partial charge in [0.15, 0.2) is 0 Å². The topological polar surface area (TPSA) is 104 Å². The Morgan fingerprint density at radius 3 is 2.73 bits per heavy atom. The molecule has 15 heavy (non-hydrogen) atoms. The second-order valence-corrected chi connectivity index (χ2v) is 2.66. The minimum absolute atomic E-state index is 0.412. The number of carbonyl (C=O) groups is 1. The van der Waals surface area contributed by atoms with Crippen molar-refractivity contribution in [1.82, 2.24) is 14.9 Å². The quantitative estimate of drug-likeness (QED) is 0.539. The van der Waals surface area contributed by atoms with Crippen molar-refractivity contribution in [2.75, 3.05) is 7.05 Å². The Bertz CT molecular complexity index is 504. The maximum atomic E-state index is 12.8. The van der Waals surface area contributed by atoms with Crippen LogP contribution in [0.25, 0.3) is 0 Å². The lowest BCUT2D eigenvalue weighted by atomic mass is 10.5. The predicted molar refractivity (Wildman–Crippen MR) is 47.0 cm³/mol.